The molecule has 0 aliphatic carbocycles. The van der Waals surface area contributed by atoms with Crippen molar-refractivity contribution in [2.24, 2.45) is 0 Å². The lowest BCUT2D eigenvalue weighted by Crippen LogP contribution is -2.29. The summed E-state index contributed by atoms with van der Waals surface area (Å²) in [6.07, 6.45) is 5.40. The van der Waals surface area contributed by atoms with E-state index in [0.717, 1.165) is 26.1 Å². The topological polar surface area (TPSA) is 112 Å². The molecule has 0 spiro atoms. The van der Waals surface area contributed by atoms with Gasteiger partial charge in [-0.05, 0) is 62.5 Å². The zero-order valence-corrected chi connectivity index (χ0v) is 18.9. The van der Waals surface area contributed by atoms with E-state index >= 15 is 0 Å². The van der Waals surface area contributed by atoms with E-state index in [0.29, 0.717) is 35.0 Å². The number of carbonyl (C=O) groups excluding carboxylic acids is 2. The molecule has 0 bridgehead atoms. The molecule has 0 atom stereocenters. The second kappa shape index (κ2) is 12.3. The van der Waals surface area contributed by atoms with Gasteiger partial charge in [-0.2, -0.15) is 0 Å². The quantitative estimate of drug-likeness (QED) is 0.387. The highest BCUT2D eigenvalue weighted by molar-refractivity contribution is 6.04. The van der Waals surface area contributed by atoms with E-state index in [4.69, 9.17) is 0 Å². The molecule has 0 aliphatic heterocycles. The number of nitrogens with one attached hydrogen (secondary N) is 3. The fourth-order valence-electron chi connectivity index (χ4n) is 3.23. The summed E-state index contributed by atoms with van der Waals surface area (Å²) in [7, 11) is 0. The standard InChI is InChI=1S/C24H29N7O2/c1-3-31(4-2)14-6-11-27-23(32)19-9-13-26-22(16-19)29-20-8-5-7-18(15-20)24(33)30-21-10-12-25-17-28-21/h5,7-10,12-13,15-17H,3-4,6,11,14H2,1-2H3,(H,26,29)(H,27,32)(H,25,28,30,33). The Morgan fingerprint density at radius 1 is 0.909 bits per heavy atom. The number of carbonyl (C=O) groups is 2. The van der Waals surface area contributed by atoms with Gasteiger partial charge < -0.3 is 20.9 Å². The lowest BCUT2D eigenvalue weighted by molar-refractivity contribution is 0.0951. The minimum atomic E-state index is -0.289. The fraction of sp³-hybridized carbons (Fsp3) is 0.292. The van der Waals surface area contributed by atoms with Gasteiger partial charge in [0.2, 0.25) is 0 Å². The Morgan fingerprint density at radius 3 is 2.48 bits per heavy atom. The maximum atomic E-state index is 12.5. The number of nitrogens with zero attached hydrogens (tertiary/aromatic N) is 4. The average Bonchev–Trinajstić information content (AvgIpc) is 2.85. The van der Waals surface area contributed by atoms with Crippen LogP contribution < -0.4 is 16.0 Å². The molecule has 3 N–H and O–H groups in total. The molecule has 0 aliphatic rings. The number of amides is 2. The Kier molecular flexibility index (Phi) is 8.84. The van der Waals surface area contributed by atoms with Gasteiger partial charge in [0.25, 0.3) is 11.8 Å². The zero-order valence-electron chi connectivity index (χ0n) is 18.9. The van der Waals surface area contributed by atoms with Crippen LogP contribution in [0.3, 0.4) is 0 Å². The molecule has 172 valence electrons. The van der Waals surface area contributed by atoms with Crippen molar-refractivity contribution >= 4 is 29.1 Å². The maximum Gasteiger partial charge on any atom is 0.256 e. The van der Waals surface area contributed by atoms with Crippen LogP contribution in [0.1, 0.15) is 41.0 Å². The van der Waals surface area contributed by atoms with Gasteiger partial charge in [0.05, 0.1) is 0 Å². The molecule has 0 saturated heterocycles. The molecule has 1 aromatic carbocycles. The molecule has 0 radical (unpaired) electrons. The number of hydrogen-bond acceptors (Lipinski definition) is 7. The maximum absolute atomic E-state index is 12.5. The molecule has 0 unspecified atom stereocenters. The van der Waals surface area contributed by atoms with Crippen LogP contribution in [0.4, 0.5) is 17.3 Å². The van der Waals surface area contributed by atoms with Crippen molar-refractivity contribution in [3.05, 3.63) is 72.3 Å². The molecule has 3 aromatic rings. The van der Waals surface area contributed by atoms with Crippen LogP contribution in [0.5, 0.6) is 0 Å². The van der Waals surface area contributed by atoms with Crippen molar-refractivity contribution in [3.63, 3.8) is 0 Å². The zero-order chi connectivity index (χ0) is 23.5. The largest absolute Gasteiger partial charge is 0.352 e. The molecule has 2 heterocycles. The molecule has 0 saturated carbocycles. The van der Waals surface area contributed by atoms with E-state index in [9.17, 15) is 9.59 Å². The summed E-state index contributed by atoms with van der Waals surface area (Å²) in [4.78, 5) is 39.4. The third-order valence-corrected chi connectivity index (χ3v) is 5.07. The minimum absolute atomic E-state index is 0.141. The second-order valence-electron chi connectivity index (χ2n) is 7.32. The third-order valence-electron chi connectivity index (χ3n) is 5.07. The van der Waals surface area contributed by atoms with E-state index in [-0.39, 0.29) is 11.8 Å². The Labute approximate surface area is 193 Å². The van der Waals surface area contributed by atoms with Gasteiger partial charge in [-0.3, -0.25) is 9.59 Å². The lowest BCUT2D eigenvalue weighted by atomic mass is 10.2. The normalized spacial score (nSPS) is 10.6. The van der Waals surface area contributed by atoms with Crippen LogP contribution in [0, 0.1) is 0 Å². The van der Waals surface area contributed by atoms with Crippen LogP contribution in [0.15, 0.2) is 61.2 Å². The van der Waals surface area contributed by atoms with Gasteiger partial charge in [0.1, 0.15) is 18.0 Å². The van der Waals surface area contributed by atoms with Crippen molar-refractivity contribution in [1.29, 1.82) is 0 Å². The average molecular weight is 448 g/mol. The number of rotatable bonds is 11. The van der Waals surface area contributed by atoms with Crippen LogP contribution in [0.2, 0.25) is 0 Å². The van der Waals surface area contributed by atoms with Gasteiger partial charge in [0.15, 0.2) is 0 Å². The molecule has 2 aromatic heterocycles. The summed E-state index contributed by atoms with van der Waals surface area (Å²) >= 11 is 0. The number of hydrogen-bond donors (Lipinski definition) is 3. The van der Waals surface area contributed by atoms with Crippen LogP contribution in [-0.2, 0) is 0 Å². The summed E-state index contributed by atoms with van der Waals surface area (Å²) in [6.45, 7) is 7.85. The number of pyridine rings is 1. The summed E-state index contributed by atoms with van der Waals surface area (Å²) in [5, 5.41) is 8.83. The SMILES string of the molecule is CCN(CC)CCCNC(=O)c1ccnc(Nc2cccc(C(=O)Nc3ccncn3)c2)c1. The van der Waals surface area contributed by atoms with Crippen molar-refractivity contribution in [1.82, 2.24) is 25.2 Å². The second-order valence-corrected chi connectivity index (χ2v) is 7.32. The van der Waals surface area contributed by atoms with Crippen molar-refractivity contribution in [3.8, 4) is 0 Å². The number of aromatic nitrogens is 3. The fourth-order valence-corrected chi connectivity index (χ4v) is 3.23. The molecule has 3 rings (SSSR count). The molecular weight excluding hydrogens is 418 g/mol. The van der Waals surface area contributed by atoms with Gasteiger partial charge in [-0.25, -0.2) is 15.0 Å². The third kappa shape index (κ3) is 7.36. The Balaban J connectivity index is 1.58. The smallest absolute Gasteiger partial charge is 0.256 e. The number of anilines is 3. The van der Waals surface area contributed by atoms with E-state index in [2.05, 4.69) is 49.6 Å². The predicted octanol–water partition coefficient (Wildman–Crippen LogP) is 3.33. The van der Waals surface area contributed by atoms with Crippen LogP contribution in [-0.4, -0.2) is 57.8 Å². The van der Waals surface area contributed by atoms with E-state index in [1.54, 1.807) is 48.8 Å². The Hall–Kier alpha value is -3.85. The van der Waals surface area contributed by atoms with Gasteiger partial charge >= 0.3 is 0 Å². The van der Waals surface area contributed by atoms with Crippen LogP contribution in [0.25, 0.3) is 0 Å². The van der Waals surface area contributed by atoms with E-state index < -0.39 is 0 Å². The highest BCUT2D eigenvalue weighted by Crippen LogP contribution is 2.18. The molecule has 2 amide bonds. The molecule has 9 nitrogen and oxygen atoms in total. The minimum Gasteiger partial charge on any atom is -0.352 e. The monoisotopic (exact) mass is 447 g/mol. The lowest BCUT2D eigenvalue weighted by Gasteiger charge is -2.17. The summed E-state index contributed by atoms with van der Waals surface area (Å²) < 4.78 is 0. The first-order chi connectivity index (χ1) is 16.1. The van der Waals surface area contributed by atoms with Crippen molar-refractivity contribution in [2.45, 2.75) is 20.3 Å². The van der Waals surface area contributed by atoms with Gasteiger partial charge in [-0.15, -0.1) is 0 Å². The van der Waals surface area contributed by atoms with Crippen LogP contribution >= 0.6 is 0 Å². The molecule has 9 heteroatoms. The first-order valence-corrected chi connectivity index (χ1v) is 11.0. The summed E-state index contributed by atoms with van der Waals surface area (Å²) in [5.74, 6) is 0.506. The highest BCUT2D eigenvalue weighted by Gasteiger charge is 2.10. The Bertz CT molecular complexity index is 1060. The first-order valence-electron chi connectivity index (χ1n) is 11.0. The predicted molar refractivity (Wildman–Crippen MR) is 129 cm³/mol. The summed E-state index contributed by atoms with van der Waals surface area (Å²) in [6, 6.07) is 12.0. The first kappa shape index (κ1) is 23.8. The van der Waals surface area contributed by atoms with Gasteiger partial charge in [-0.1, -0.05) is 19.9 Å². The Morgan fingerprint density at radius 2 is 1.73 bits per heavy atom. The van der Waals surface area contributed by atoms with Crippen molar-refractivity contribution < 1.29 is 9.59 Å². The molecule has 0 fully saturated rings. The number of benzene rings is 1. The summed E-state index contributed by atoms with van der Waals surface area (Å²) in [5.41, 5.74) is 1.66. The van der Waals surface area contributed by atoms with Gasteiger partial charge in [0, 0.05) is 35.8 Å². The van der Waals surface area contributed by atoms with Crippen molar-refractivity contribution in [2.75, 3.05) is 36.8 Å². The van der Waals surface area contributed by atoms with E-state index in [1.807, 2.05) is 6.07 Å². The molecular formula is C24H29N7O2. The van der Waals surface area contributed by atoms with E-state index in [1.165, 1.54) is 6.33 Å². The molecule has 33 heavy (non-hydrogen) atoms. The highest BCUT2D eigenvalue weighted by atomic mass is 16.2.